The second-order valence-electron chi connectivity index (χ2n) is 9.20. The number of primary amides is 1. The van der Waals surface area contributed by atoms with E-state index in [1.165, 1.54) is 11.0 Å². The van der Waals surface area contributed by atoms with Crippen molar-refractivity contribution < 1.29 is 44.3 Å². The molecule has 3 aliphatic carbocycles. The SMILES string of the molecule is COC(=O)Nc1c(Cl)cc2c(c1O)C(=O)C1=C(O)C3(O)C(=O)C(C(N)=O)=C(O)C(N(C)C)C3CC1C2. The Morgan fingerprint density at radius 2 is 1.89 bits per heavy atom. The number of halogens is 1. The smallest absolute Gasteiger partial charge is 0.411 e. The summed E-state index contributed by atoms with van der Waals surface area (Å²) in [6, 6.07) is 0.297. The summed E-state index contributed by atoms with van der Waals surface area (Å²) < 4.78 is 4.50. The molecule has 192 valence electrons. The van der Waals surface area contributed by atoms with Gasteiger partial charge >= 0.3 is 6.09 Å². The number of benzene rings is 1. The molecule has 0 saturated carbocycles. The van der Waals surface area contributed by atoms with Gasteiger partial charge in [-0.1, -0.05) is 11.6 Å². The van der Waals surface area contributed by atoms with E-state index in [0.29, 0.717) is 5.56 Å². The van der Waals surface area contributed by atoms with E-state index in [-0.39, 0.29) is 34.7 Å². The average molecular weight is 522 g/mol. The molecule has 7 N–H and O–H groups in total. The molecule has 0 spiro atoms. The summed E-state index contributed by atoms with van der Waals surface area (Å²) in [6.45, 7) is 0. The van der Waals surface area contributed by atoms with Gasteiger partial charge in [-0.25, -0.2) is 4.79 Å². The zero-order valence-corrected chi connectivity index (χ0v) is 20.2. The van der Waals surface area contributed by atoms with Gasteiger partial charge in [-0.3, -0.25) is 24.6 Å². The Morgan fingerprint density at radius 1 is 1.25 bits per heavy atom. The number of amides is 2. The molecule has 0 aromatic heterocycles. The minimum atomic E-state index is -2.74. The van der Waals surface area contributed by atoms with Crippen LogP contribution in [0.15, 0.2) is 28.7 Å². The van der Waals surface area contributed by atoms with E-state index in [0.717, 1.165) is 7.11 Å². The standard InChI is InChI=1S/C23H24ClN3O9/c1-27(2)15-9-5-7-4-8-6-10(24)14(26-22(34)36-3)17(29)11(8)16(28)12(7)19(31)23(9,35)20(32)13(18(15)30)21(25)33/h6-7,9,15,29-31,35H,4-5H2,1-3H3,(H2,25,33)(H,26,34). The number of hydrogen-bond acceptors (Lipinski definition) is 10. The summed E-state index contributed by atoms with van der Waals surface area (Å²) in [5, 5.41) is 46.5. The van der Waals surface area contributed by atoms with Gasteiger partial charge in [-0.2, -0.15) is 0 Å². The fraction of sp³-hybridized carbons (Fsp3) is 0.391. The molecule has 3 aliphatic rings. The summed E-state index contributed by atoms with van der Waals surface area (Å²) in [7, 11) is 4.17. The second kappa shape index (κ2) is 8.50. The van der Waals surface area contributed by atoms with Gasteiger partial charge in [0.1, 0.15) is 22.8 Å². The van der Waals surface area contributed by atoms with E-state index in [1.807, 2.05) is 0 Å². The summed E-state index contributed by atoms with van der Waals surface area (Å²) in [5.41, 5.74) is 1.08. The van der Waals surface area contributed by atoms with E-state index in [2.05, 4.69) is 10.1 Å². The first-order valence-electron chi connectivity index (χ1n) is 10.8. The van der Waals surface area contributed by atoms with E-state index >= 15 is 0 Å². The monoisotopic (exact) mass is 521 g/mol. The number of aliphatic hydroxyl groups excluding tert-OH is 2. The highest BCUT2D eigenvalue weighted by Crippen LogP contribution is 2.53. The second-order valence-corrected chi connectivity index (χ2v) is 9.60. The van der Waals surface area contributed by atoms with Crippen LogP contribution in [0, 0.1) is 11.8 Å². The molecule has 4 unspecified atom stereocenters. The fourth-order valence-electron chi connectivity index (χ4n) is 5.54. The molecule has 4 atom stereocenters. The lowest BCUT2D eigenvalue weighted by molar-refractivity contribution is -0.148. The minimum Gasteiger partial charge on any atom is -0.510 e. The van der Waals surface area contributed by atoms with Crippen LogP contribution in [0.5, 0.6) is 5.75 Å². The maximum atomic E-state index is 13.6. The lowest BCUT2D eigenvalue weighted by atomic mass is 9.58. The van der Waals surface area contributed by atoms with Crippen molar-refractivity contribution in [3.8, 4) is 5.75 Å². The average Bonchev–Trinajstić information content (AvgIpc) is 2.78. The summed E-state index contributed by atoms with van der Waals surface area (Å²) in [5.74, 6) is -7.71. The van der Waals surface area contributed by atoms with Gasteiger partial charge in [-0.15, -0.1) is 0 Å². The van der Waals surface area contributed by atoms with Crippen molar-refractivity contribution in [1.82, 2.24) is 4.90 Å². The number of allylic oxidation sites excluding steroid dienone is 1. The predicted molar refractivity (Wildman–Crippen MR) is 125 cm³/mol. The number of anilines is 1. The number of aliphatic hydroxyl groups is 3. The van der Waals surface area contributed by atoms with Crippen LogP contribution in [0.2, 0.25) is 5.02 Å². The molecule has 13 heteroatoms. The number of carbonyl (C=O) groups is 4. The Hall–Kier alpha value is -3.61. The van der Waals surface area contributed by atoms with Crippen molar-refractivity contribution >= 4 is 40.9 Å². The predicted octanol–water partition coefficient (Wildman–Crippen LogP) is 0.952. The molecule has 0 radical (unpaired) electrons. The number of hydrogen-bond donors (Lipinski definition) is 6. The number of phenolic OH excluding ortho intramolecular Hbond substituents is 1. The highest BCUT2D eigenvalue weighted by Gasteiger charge is 2.63. The van der Waals surface area contributed by atoms with Crippen LogP contribution in [-0.2, 0) is 20.7 Å². The van der Waals surface area contributed by atoms with Crippen LogP contribution in [0.1, 0.15) is 22.3 Å². The number of ketones is 2. The summed E-state index contributed by atoms with van der Waals surface area (Å²) in [4.78, 5) is 51.9. The quantitative estimate of drug-likeness (QED) is 0.246. The molecular formula is C23H24ClN3O9. The molecule has 36 heavy (non-hydrogen) atoms. The van der Waals surface area contributed by atoms with E-state index in [4.69, 9.17) is 17.3 Å². The molecule has 1 aromatic carbocycles. The Morgan fingerprint density at radius 3 is 2.44 bits per heavy atom. The highest BCUT2D eigenvalue weighted by atomic mass is 35.5. The third kappa shape index (κ3) is 3.36. The van der Waals surface area contributed by atoms with Crippen molar-refractivity contribution in [3.63, 3.8) is 0 Å². The largest absolute Gasteiger partial charge is 0.510 e. The van der Waals surface area contributed by atoms with E-state index < -0.39 is 69.9 Å². The molecule has 4 rings (SSSR count). The highest BCUT2D eigenvalue weighted by molar-refractivity contribution is 6.35. The van der Waals surface area contributed by atoms with Gasteiger partial charge in [0.05, 0.1) is 23.7 Å². The van der Waals surface area contributed by atoms with Crippen LogP contribution >= 0.6 is 11.6 Å². The van der Waals surface area contributed by atoms with Crippen molar-refractivity contribution in [2.24, 2.45) is 17.6 Å². The van der Waals surface area contributed by atoms with Crippen molar-refractivity contribution in [2.75, 3.05) is 26.5 Å². The van der Waals surface area contributed by atoms with Crippen molar-refractivity contribution in [1.29, 1.82) is 0 Å². The molecule has 0 heterocycles. The van der Waals surface area contributed by atoms with E-state index in [9.17, 15) is 39.6 Å². The molecule has 1 aromatic rings. The van der Waals surface area contributed by atoms with Crippen molar-refractivity contribution in [2.45, 2.75) is 24.5 Å². The third-order valence-electron chi connectivity index (χ3n) is 7.08. The Bertz CT molecular complexity index is 1300. The first-order valence-corrected chi connectivity index (χ1v) is 11.2. The molecule has 0 fully saturated rings. The van der Waals surface area contributed by atoms with Crippen LogP contribution in [0.25, 0.3) is 0 Å². The van der Waals surface area contributed by atoms with Gasteiger partial charge in [-0.05, 0) is 44.5 Å². The fourth-order valence-corrected chi connectivity index (χ4v) is 5.81. The number of nitrogens with one attached hydrogen (secondary N) is 1. The van der Waals surface area contributed by atoms with Crippen LogP contribution in [0.4, 0.5) is 10.5 Å². The zero-order chi connectivity index (χ0) is 26.9. The Labute approximate surface area is 209 Å². The maximum absolute atomic E-state index is 13.6. The van der Waals surface area contributed by atoms with Crippen LogP contribution in [0.3, 0.4) is 0 Å². The summed E-state index contributed by atoms with van der Waals surface area (Å²) >= 11 is 6.22. The minimum absolute atomic E-state index is 0.0493. The third-order valence-corrected chi connectivity index (χ3v) is 7.38. The number of ether oxygens (including phenoxy) is 1. The first-order chi connectivity index (χ1) is 16.8. The normalized spacial score (nSPS) is 27.4. The first kappa shape index (κ1) is 25.5. The number of nitrogens with zero attached hydrogens (tertiary/aromatic N) is 1. The number of aromatic hydroxyl groups is 1. The van der Waals surface area contributed by atoms with Gasteiger partial charge in [0, 0.05) is 11.5 Å². The number of rotatable bonds is 3. The van der Waals surface area contributed by atoms with Crippen molar-refractivity contribution in [3.05, 3.63) is 44.9 Å². The van der Waals surface area contributed by atoms with E-state index in [1.54, 1.807) is 14.1 Å². The molecule has 12 nitrogen and oxygen atoms in total. The lowest BCUT2D eigenvalue weighted by Crippen LogP contribution is -2.63. The molecule has 2 amide bonds. The van der Waals surface area contributed by atoms with Gasteiger partial charge < -0.3 is 30.9 Å². The van der Waals surface area contributed by atoms with Crippen LogP contribution < -0.4 is 11.1 Å². The molecular weight excluding hydrogens is 498 g/mol. The lowest BCUT2D eigenvalue weighted by Gasteiger charge is -2.50. The Balaban J connectivity index is 1.93. The molecule has 0 saturated heterocycles. The number of carbonyl (C=O) groups excluding carboxylic acids is 4. The van der Waals surface area contributed by atoms with Gasteiger partial charge in [0.25, 0.3) is 5.91 Å². The number of likely N-dealkylation sites (N-methyl/N-ethyl adjacent to an activating group) is 1. The zero-order valence-electron chi connectivity index (χ0n) is 19.5. The van der Waals surface area contributed by atoms with Gasteiger partial charge in [0.15, 0.2) is 17.1 Å². The Kier molecular flexibility index (Phi) is 6.02. The number of methoxy groups -OCH3 is 1. The maximum Gasteiger partial charge on any atom is 0.411 e. The van der Waals surface area contributed by atoms with Gasteiger partial charge in [0.2, 0.25) is 5.78 Å². The number of fused-ring (bicyclic) bond motifs is 3. The number of Topliss-reactive ketones (excluding diaryl/α,β-unsaturated/α-hetero) is 2. The topological polar surface area (TPSA) is 200 Å². The summed E-state index contributed by atoms with van der Waals surface area (Å²) in [6.07, 6.45) is -0.939. The number of phenols is 1. The molecule has 0 bridgehead atoms. The molecule has 0 aliphatic heterocycles. The number of nitrogens with two attached hydrogens (primary N) is 1. The van der Waals surface area contributed by atoms with Crippen LogP contribution in [-0.4, -0.2) is 81.7 Å².